The minimum atomic E-state index is -2.95. The third-order valence-corrected chi connectivity index (χ3v) is 6.26. The summed E-state index contributed by atoms with van der Waals surface area (Å²) >= 11 is 0. The molecule has 1 aliphatic rings. The van der Waals surface area contributed by atoms with Crippen LogP contribution in [0.4, 0.5) is 11.5 Å². The Morgan fingerprint density at radius 3 is 2.67 bits per heavy atom. The van der Waals surface area contributed by atoms with Crippen LogP contribution in [-0.4, -0.2) is 41.8 Å². The number of fused-ring (bicyclic) bond motifs is 1. The molecule has 0 spiro atoms. The zero-order valence-corrected chi connectivity index (χ0v) is 15.2. The summed E-state index contributed by atoms with van der Waals surface area (Å²) in [6, 6.07) is 12.6. The van der Waals surface area contributed by atoms with Crippen molar-refractivity contribution in [3.63, 3.8) is 0 Å². The second kappa shape index (κ2) is 6.96. The summed E-state index contributed by atoms with van der Waals surface area (Å²) in [7, 11) is -2.95. The van der Waals surface area contributed by atoms with Crippen molar-refractivity contribution in [3.05, 3.63) is 60.4 Å². The molecule has 0 saturated carbocycles. The summed E-state index contributed by atoms with van der Waals surface area (Å²) in [5.41, 5.74) is 1.77. The van der Waals surface area contributed by atoms with E-state index in [0.717, 1.165) is 10.9 Å². The molecule has 1 fully saturated rings. The van der Waals surface area contributed by atoms with Gasteiger partial charge in [0.15, 0.2) is 9.84 Å². The molecule has 27 heavy (non-hydrogen) atoms. The van der Waals surface area contributed by atoms with Gasteiger partial charge in [0.05, 0.1) is 28.3 Å². The number of hydrogen-bond acceptors (Lipinski definition) is 6. The van der Waals surface area contributed by atoms with Crippen LogP contribution in [0.1, 0.15) is 16.8 Å². The van der Waals surface area contributed by atoms with Crippen molar-refractivity contribution in [2.45, 2.75) is 12.5 Å². The average Bonchev–Trinajstić information content (AvgIpc) is 3.01. The predicted octanol–water partition coefficient (Wildman–Crippen LogP) is 2.48. The van der Waals surface area contributed by atoms with Crippen LogP contribution in [0.25, 0.3) is 10.9 Å². The van der Waals surface area contributed by atoms with E-state index in [0.29, 0.717) is 23.5 Å². The van der Waals surface area contributed by atoms with Crippen LogP contribution in [0.5, 0.6) is 0 Å². The fourth-order valence-corrected chi connectivity index (χ4v) is 4.80. The van der Waals surface area contributed by atoms with Crippen molar-refractivity contribution in [2.24, 2.45) is 0 Å². The molecule has 1 atom stereocenters. The molecule has 138 valence electrons. The van der Waals surface area contributed by atoms with Gasteiger partial charge in [-0.3, -0.25) is 9.78 Å². The summed E-state index contributed by atoms with van der Waals surface area (Å²) in [5, 5.41) is 6.91. The molecule has 1 aromatic carbocycles. The highest BCUT2D eigenvalue weighted by atomic mass is 32.2. The van der Waals surface area contributed by atoms with Gasteiger partial charge in [-0.1, -0.05) is 18.2 Å². The fourth-order valence-electron chi connectivity index (χ4n) is 3.13. The zero-order valence-electron chi connectivity index (χ0n) is 14.4. The van der Waals surface area contributed by atoms with Crippen LogP contribution >= 0.6 is 0 Å². The third-order valence-electron chi connectivity index (χ3n) is 4.49. The molecule has 0 radical (unpaired) electrons. The number of sulfone groups is 1. The molecule has 3 heterocycles. The van der Waals surface area contributed by atoms with Gasteiger partial charge in [-0.2, -0.15) is 0 Å². The monoisotopic (exact) mass is 382 g/mol. The molecular weight excluding hydrogens is 364 g/mol. The number of para-hydroxylation sites is 1. The molecule has 0 aliphatic carbocycles. The Kier molecular flexibility index (Phi) is 4.49. The first-order valence-electron chi connectivity index (χ1n) is 8.58. The number of carbonyl (C=O) groups excluding carboxylic acids is 1. The number of carbonyl (C=O) groups is 1. The van der Waals surface area contributed by atoms with Crippen LogP contribution in [0.15, 0.2) is 54.9 Å². The Hall–Kier alpha value is -3.00. The smallest absolute Gasteiger partial charge is 0.257 e. The van der Waals surface area contributed by atoms with Gasteiger partial charge in [0.2, 0.25) is 0 Å². The van der Waals surface area contributed by atoms with Gasteiger partial charge in [-0.15, -0.1) is 0 Å². The number of aromatic nitrogens is 2. The van der Waals surface area contributed by atoms with Gasteiger partial charge in [0, 0.05) is 23.8 Å². The minimum absolute atomic E-state index is 0.116. The quantitative estimate of drug-likeness (QED) is 0.719. The van der Waals surface area contributed by atoms with Gasteiger partial charge < -0.3 is 10.6 Å². The number of rotatable bonds is 4. The van der Waals surface area contributed by atoms with Crippen molar-refractivity contribution >= 4 is 38.2 Å². The number of hydrogen-bond donors (Lipinski definition) is 2. The largest absolute Gasteiger partial charge is 0.366 e. The van der Waals surface area contributed by atoms with Crippen LogP contribution in [-0.2, 0) is 9.84 Å². The summed E-state index contributed by atoms with van der Waals surface area (Å²) in [4.78, 5) is 21.1. The molecule has 0 bridgehead atoms. The summed E-state index contributed by atoms with van der Waals surface area (Å²) in [5.74, 6) is 0.589. The Balaban J connectivity index is 1.46. The van der Waals surface area contributed by atoms with E-state index in [-0.39, 0.29) is 23.5 Å². The lowest BCUT2D eigenvalue weighted by atomic mass is 10.2. The first-order chi connectivity index (χ1) is 13.0. The SMILES string of the molecule is O=C(Nc1cccc2cccnc12)c1ccc(NC2CCS(=O)(=O)C2)nc1. The average molecular weight is 382 g/mol. The van der Waals surface area contributed by atoms with E-state index in [1.165, 1.54) is 6.20 Å². The van der Waals surface area contributed by atoms with Crippen LogP contribution < -0.4 is 10.6 Å². The van der Waals surface area contributed by atoms with Crippen LogP contribution in [0.3, 0.4) is 0 Å². The van der Waals surface area contributed by atoms with Gasteiger partial charge in [-0.05, 0) is 30.7 Å². The Morgan fingerprint density at radius 2 is 1.93 bits per heavy atom. The predicted molar refractivity (Wildman–Crippen MR) is 105 cm³/mol. The molecule has 3 aromatic rings. The highest BCUT2D eigenvalue weighted by Crippen LogP contribution is 2.21. The maximum absolute atomic E-state index is 12.5. The van der Waals surface area contributed by atoms with E-state index < -0.39 is 9.84 Å². The molecule has 2 N–H and O–H groups in total. The molecule has 1 saturated heterocycles. The lowest BCUT2D eigenvalue weighted by Gasteiger charge is -2.12. The van der Waals surface area contributed by atoms with E-state index >= 15 is 0 Å². The molecule has 2 aromatic heterocycles. The fraction of sp³-hybridized carbons (Fsp3) is 0.211. The Morgan fingerprint density at radius 1 is 1.07 bits per heavy atom. The van der Waals surface area contributed by atoms with Crippen molar-refractivity contribution in [1.82, 2.24) is 9.97 Å². The summed E-state index contributed by atoms with van der Waals surface area (Å²) < 4.78 is 23.0. The zero-order chi connectivity index (χ0) is 18.9. The maximum Gasteiger partial charge on any atom is 0.257 e. The number of amides is 1. The van der Waals surface area contributed by atoms with Crippen molar-refractivity contribution in [3.8, 4) is 0 Å². The summed E-state index contributed by atoms with van der Waals surface area (Å²) in [6.45, 7) is 0. The second-order valence-electron chi connectivity index (χ2n) is 6.51. The van der Waals surface area contributed by atoms with Gasteiger partial charge in [0.1, 0.15) is 5.82 Å². The molecule has 1 aliphatic heterocycles. The first kappa shape index (κ1) is 17.4. The van der Waals surface area contributed by atoms with Crippen molar-refractivity contribution in [1.29, 1.82) is 0 Å². The van der Waals surface area contributed by atoms with Gasteiger partial charge in [0.25, 0.3) is 5.91 Å². The first-order valence-corrected chi connectivity index (χ1v) is 10.4. The van der Waals surface area contributed by atoms with Crippen molar-refractivity contribution < 1.29 is 13.2 Å². The molecule has 7 nitrogen and oxygen atoms in total. The number of anilines is 2. The van der Waals surface area contributed by atoms with Gasteiger partial charge >= 0.3 is 0 Å². The normalized spacial score (nSPS) is 18.3. The van der Waals surface area contributed by atoms with E-state index in [1.54, 1.807) is 24.4 Å². The van der Waals surface area contributed by atoms with Crippen molar-refractivity contribution in [2.75, 3.05) is 22.1 Å². The topological polar surface area (TPSA) is 101 Å². The number of nitrogens with one attached hydrogen (secondary N) is 2. The summed E-state index contributed by atoms with van der Waals surface area (Å²) in [6.07, 6.45) is 3.73. The highest BCUT2D eigenvalue weighted by molar-refractivity contribution is 7.91. The number of benzene rings is 1. The van der Waals surface area contributed by atoms with E-state index in [2.05, 4.69) is 20.6 Å². The lowest BCUT2D eigenvalue weighted by Crippen LogP contribution is -2.21. The van der Waals surface area contributed by atoms with E-state index in [1.807, 2.05) is 24.3 Å². The second-order valence-corrected chi connectivity index (χ2v) is 8.74. The van der Waals surface area contributed by atoms with Crippen LogP contribution in [0.2, 0.25) is 0 Å². The molecule has 8 heteroatoms. The van der Waals surface area contributed by atoms with E-state index in [4.69, 9.17) is 0 Å². The van der Waals surface area contributed by atoms with Gasteiger partial charge in [-0.25, -0.2) is 13.4 Å². The Bertz CT molecular complexity index is 1090. The maximum atomic E-state index is 12.5. The van der Waals surface area contributed by atoms with Crippen LogP contribution in [0, 0.1) is 0 Å². The molecule has 1 unspecified atom stereocenters. The molecular formula is C19H18N4O3S. The van der Waals surface area contributed by atoms with E-state index in [9.17, 15) is 13.2 Å². The molecule has 4 rings (SSSR count). The lowest BCUT2D eigenvalue weighted by molar-refractivity contribution is 0.102. The highest BCUT2D eigenvalue weighted by Gasteiger charge is 2.27. The minimum Gasteiger partial charge on any atom is -0.366 e. The Labute approximate surface area is 156 Å². The molecule has 1 amide bonds. The number of pyridine rings is 2. The third kappa shape index (κ3) is 3.90. The standard InChI is InChI=1S/C19H18N4O3S/c24-19(23-16-5-1-3-13-4-2-9-20-18(13)16)14-6-7-17(21-11-14)22-15-8-10-27(25,26)12-15/h1-7,9,11,15H,8,10,12H2,(H,21,22)(H,23,24). The number of nitrogens with zero attached hydrogens (tertiary/aromatic N) is 2.